The Morgan fingerprint density at radius 2 is 2.22 bits per heavy atom. The Hall–Kier alpha value is -0.340. The van der Waals surface area contributed by atoms with Gasteiger partial charge in [-0.3, -0.25) is 0 Å². The summed E-state index contributed by atoms with van der Waals surface area (Å²) in [5.41, 5.74) is 1.53. The minimum atomic E-state index is 0.748. The van der Waals surface area contributed by atoms with Gasteiger partial charge < -0.3 is 5.32 Å². The zero-order valence-electron chi connectivity index (χ0n) is 12.0. The minimum absolute atomic E-state index is 0.748. The summed E-state index contributed by atoms with van der Waals surface area (Å²) in [4.78, 5) is 1.55. The SMILES string of the molecule is CCc1ccsc1CNC1CCCC(C(C)C)C1. The number of hydrogen-bond donors (Lipinski definition) is 1. The average Bonchev–Trinajstić information content (AvgIpc) is 2.84. The van der Waals surface area contributed by atoms with Gasteiger partial charge >= 0.3 is 0 Å². The van der Waals surface area contributed by atoms with E-state index in [1.54, 1.807) is 4.88 Å². The van der Waals surface area contributed by atoms with E-state index in [1.165, 1.54) is 37.7 Å². The van der Waals surface area contributed by atoms with Gasteiger partial charge in [0, 0.05) is 17.5 Å². The topological polar surface area (TPSA) is 12.0 Å². The molecule has 2 heteroatoms. The molecule has 0 saturated heterocycles. The average molecular weight is 265 g/mol. The highest BCUT2D eigenvalue weighted by Gasteiger charge is 2.23. The first-order valence-corrected chi connectivity index (χ1v) is 8.37. The van der Waals surface area contributed by atoms with Gasteiger partial charge in [-0.15, -0.1) is 11.3 Å². The van der Waals surface area contributed by atoms with E-state index in [1.807, 2.05) is 11.3 Å². The number of aryl methyl sites for hydroxylation is 1. The monoisotopic (exact) mass is 265 g/mol. The van der Waals surface area contributed by atoms with Crippen molar-refractivity contribution in [1.29, 1.82) is 0 Å². The minimum Gasteiger partial charge on any atom is -0.309 e. The Morgan fingerprint density at radius 3 is 2.94 bits per heavy atom. The number of nitrogens with one attached hydrogen (secondary N) is 1. The Kier molecular flexibility index (Phi) is 5.25. The Morgan fingerprint density at radius 1 is 1.39 bits per heavy atom. The molecule has 18 heavy (non-hydrogen) atoms. The van der Waals surface area contributed by atoms with Crippen LogP contribution in [-0.2, 0) is 13.0 Å². The van der Waals surface area contributed by atoms with Crippen LogP contribution in [0, 0.1) is 11.8 Å². The highest BCUT2D eigenvalue weighted by atomic mass is 32.1. The van der Waals surface area contributed by atoms with Gasteiger partial charge in [-0.1, -0.05) is 33.6 Å². The van der Waals surface area contributed by atoms with Gasteiger partial charge in [0.05, 0.1) is 0 Å². The smallest absolute Gasteiger partial charge is 0.0305 e. The second-order valence-electron chi connectivity index (χ2n) is 5.97. The Bertz CT molecular complexity index is 356. The van der Waals surface area contributed by atoms with E-state index in [0.29, 0.717) is 0 Å². The van der Waals surface area contributed by atoms with Gasteiger partial charge in [-0.25, -0.2) is 0 Å². The van der Waals surface area contributed by atoms with Gasteiger partial charge in [0.2, 0.25) is 0 Å². The lowest BCUT2D eigenvalue weighted by Crippen LogP contribution is -2.35. The molecule has 2 rings (SSSR count). The van der Waals surface area contributed by atoms with Crippen molar-refractivity contribution in [2.75, 3.05) is 0 Å². The highest BCUT2D eigenvalue weighted by Crippen LogP contribution is 2.30. The summed E-state index contributed by atoms with van der Waals surface area (Å²) in [6, 6.07) is 3.03. The fraction of sp³-hybridized carbons (Fsp3) is 0.750. The van der Waals surface area contributed by atoms with Crippen LogP contribution in [0.15, 0.2) is 11.4 Å². The third-order valence-corrected chi connectivity index (χ3v) is 5.39. The van der Waals surface area contributed by atoms with E-state index in [2.05, 4.69) is 37.5 Å². The van der Waals surface area contributed by atoms with E-state index in [9.17, 15) is 0 Å². The van der Waals surface area contributed by atoms with Crippen LogP contribution in [0.5, 0.6) is 0 Å². The standard InChI is InChI=1S/C16H27NS/c1-4-13-8-9-18-16(13)11-17-15-7-5-6-14(10-15)12(2)3/h8-9,12,14-15,17H,4-7,10-11H2,1-3H3. The zero-order chi connectivity index (χ0) is 13.0. The van der Waals surface area contributed by atoms with Gasteiger partial charge in [0.25, 0.3) is 0 Å². The molecule has 0 spiro atoms. The summed E-state index contributed by atoms with van der Waals surface area (Å²) < 4.78 is 0. The molecule has 102 valence electrons. The lowest BCUT2D eigenvalue weighted by molar-refractivity contribution is 0.231. The molecule has 1 aliphatic rings. The molecule has 1 heterocycles. The zero-order valence-corrected chi connectivity index (χ0v) is 12.9. The van der Waals surface area contributed by atoms with E-state index >= 15 is 0 Å². The summed E-state index contributed by atoms with van der Waals surface area (Å²) in [7, 11) is 0. The van der Waals surface area contributed by atoms with Crippen LogP contribution in [0.25, 0.3) is 0 Å². The molecule has 2 atom stereocenters. The summed E-state index contributed by atoms with van der Waals surface area (Å²) >= 11 is 1.91. The lowest BCUT2D eigenvalue weighted by Gasteiger charge is -2.32. The molecule has 2 unspecified atom stereocenters. The molecule has 1 nitrogen and oxygen atoms in total. The third kappa shape index (κ3) is 3.58. The molecule has 1 aliphatic carbocycles. The summed E-state index contributed by atoms with van der Waals surface area (Å²) in [6.45, 7) is 8.08. The number of thiophene rings is 1. The molecule has 1 N–H and O–H groups in total. The summed E-state index contributed by atoms with van der Waals surface area (Å²) in [5.74, 6) is 1.78. The van der Waals surface area contributed by atoms with E-state index in [0.717, 1.165) is 24.4 Å². The second-order valence-corrected chi connectivity index (χ2v) is 6.97. The Labute approximate surface area is 116 Å². The van der Waals surface area contributed by atoms with E-state index in [4.69, 9.17) is 0 Å². The van der Waals surface area contributed by atoms with E-state index < -0.39 is 0 Å². The quantitative estimate of drug-likeness (QED) is 0.819. The molecular formula is C16H27NS. The van der Waals surface area contributed by atoms with Crippen molar-refractivity contribution in [3.8, 4) is 0 Å². The van der Waals surface area contributed by atoms with Crippen molar-refractivity contribution in [2.24, 2.45) is 11.8 Å². The third-order valence-electron chi connectivity index (χ3n) is 4.43. The summed E-state index contributed by atoms with van der Waals surface area (Å²) in [6.07, 6.45) is 6.76. The highest BCUT2D eigenvalue weighted by molar-refractivity contribution is 7.10. The van der Waals surface area contributed by atoms with Gasteiger partial charge in [0.15, 0.2) is 0 Å². The first-order valence-electron chi connectivity index (χ1n) is 7.49. The van der Waals surface area contributed by atoms with Gasteiger partial charge in [-0.2, -0.15) is 0 Å². The molecule has 1 aromatic rings. The van der Waals surface area contributed by atoms with Crippen molar-refractivity contribution in [2.45, 2.75) is 65.5 Å². The van der Waals surface area contributed by atoms with Gasteiger partial charge in [-0.05, 0) is 48.1 Å². The molecule has 0 aromatic carbocycles. The summed E-state index contributed by atoms with van der Waals surface area (Å²) in [5, 5.41) is 6.02. The van der Waals surface area contributed by atoms with Gasteiger partial charge in [0.1, 0.15) is 0 Å². The maximum absolute atomic E-state index is 3.79. The second kappa shape index (κ2) is 6.72. The van der Waals surface area contributed by atoms with Crippen LogP contribution in [0.3, 0.4) is 0 Å². The van der Waals surface area contributed by atoms with Crippen molar-refractivity contribution in [1.82, 2.24) is 5.32 Å². The predicted octanol–water partition coefficient (Wildman–Crippen LogP) is 4.61. The largest absolute Gasteiger partial charge is 0.309 e. The lowest BCUT2D eigenvalue weighted by atomic mass is 9.79. The molecule has 1 saturated carbocycles. The fourth-order valence-electron chi connectivity index (χ4n) is 3.09. The molecule has 0 aliphatic heterocycles. The maximum Gasteiger partial charge on any atom is 0.0305 e. The van der Waals surface area contributed by atoms with Crippen LogP contribution in [-0.4, -0.2) is 6.04 Å². The van der Waals surface area contributed by atoms with Crippen molar-refractivity contribution in [3.05, 3.63) is 21.9 Å². The molecular weight excluding hydrogens is 238 g/mol. The maximum atomic E-state index is 3.79. The fourth-order valence-corrected chi connectivity index (χ4v) is 4.02. The van der Waals surface area contributed by atoms with Crippen molar-refractivity contribution in [3.63, 3.8) is 0 Å². The first-order chi connectivity index (χ1) is 8.70. The predicted molar refractivity (Wildman–Crippen MR) is 81.1 cm³/mol. The van der Waals surface area contributed by atoms with E-state index in [-0.39, 0.29) is 0 Å². The van der Waals surface area contributed by atoms with Crippen LogP contribution < -0.4 is 5.32 Å². The Balaban J connectivity index is 1.83. The first kappa shape index (κ1) is 14.1. The van der Waals surface area contributed by atoms with Crippen LogP contribution in [0.4, 0.5) is 0 Å². The van der Waals surface area contributed by atoms with Crippen LogP contribution in [0.2, 0.25) is 0 Å². The molecule has 0 radical (unpaired) electrons. The van der Waals surface area contributed by atoms with Crippen molar-refractivity contribution < 1.29 is 0 Å². The van der Waals surface area contributed by atoms with Crippen LogP contribution in [0.1, 0.15) is 56.9 Å². The molecule has 1 aromatic heterocycles. The molecule has 1 fully saturated rings. The molecule has 0 bridgehead atoms. The normalized spacial score (nSPS) is 24.7. The van der Waals surface area contributed by atoms with Crippen LogP contribution >= 0.6 is 11.3 Å². The van der Waals surface area contributed by atoms with Crippen molar-refractivity contribution >= 4 is 11.3 Å². The molecule has 0 amide bonds. The number of hydrogen-bond acceptors (Lipinski definition) is 2. The number of rotatable bonds is 5.